The monoisotopic (exact) mass is 287 g/mol. The van der Waals surface area contributed by atoms with E-state index in [1.807, 2.05) is 0 Å². The first kappa shape index (κ1) is 19.3. The van der Waals surface area contributed by atoms with E-state index < -0.39 is 25.9 Å². The summed E-state index contributed by atoms with van der Waals surface area (Å²) in [5.74, 6) is -0.833. The summed E-state index contributed by atoms with van der Waals surface area (Å²) in [6, 6.07) is 4.17. The Labute approximate surface area is 125 Å². The molecule has 0 atom stereocenters. The van der Waals surface area contributed by atoms with Crippen LogP contribution in [0.3, 0.4) is 0 Å². The van der Waals surface area contributed by atoms with Gasteiger partial charge in [-0.3, -0.25) is 19.5 Å². The number of rotatable bonds is 2. The molecule has 2 N–H and O–H groups in total. The molecule has 0 heterocycles. The molecule has 0 aliphatic rings. The first-order chi connectivity index (χ1) is 7.64. The summed E-state index contributed by atoms with van der Waals surface area (Å²) in [7, 11) is -4.36. The molecule has 96 valence electrons. The number of nitro groups is 1. The molecule has 18 heavy (non-hydrogen) atoms. The van der Waals surface area contributed by atoms with Crippen molar-refractivity contribution in [1.82, 2.24) is 0 Å². The van der Waals surface area contributed by atoms with E-state index in [0.29, 0.717) is 0 Å². The van der Waals surface area contributed by atoms with Gasteiger partial charge in [-0.2, -0.15) is 8.42 Å². The molecule has 0 unspecified atom stereocenters. The van der Waals surface area contributed by atoms with E-state index in [9.17, 15) is 18.5 Å². The average Bonchev–Trinajstić information content (AvgIpc) is 2.15. The molecule has 0 radical (unpaired) electrons. The third kappa shape index (κ3) is 8.14. The molecule has 8 nitrogen and oxygen atoms in total. The van der Waals surface area contributed by atoms with Crippen molar-refractivity contribution in [3.8, 4) is 0 Å². The summed E-state index contributed by atoms with van der Waals surface area (Å²) in [5.41, 5.74) is -0.380. The molecular formula is C8H10NNaO7S. The van der Waals surface area contributed by atoms with Gasteiger partial charge in [0.05, 0.1) is 4.92 Å². The molecular weight excluding hydrogens is 277 g/mol. The zero-order valence-corrected chi connectivity index (χ0v) is 9.42. The number of nitrogens with zero attached hydrogens (tertiary/aromatic N) is 1. The van der Waals surface area contributed by atoms with Crippen LogP contribution in [0.5, 0.6) is 0 Å². The summed E-state index contributed by atoms with van der Waals surface area (Å²) in [6.07, 6.45) is 0. The Balaban J connectivity index is 0. The van der Waals surface area contributed by atoms with Gasteiger partial charge in [0.15, 0.2) is 0 Å². The van der Waals surface area contributed by atoms with Crippen LogP contribution in [0.2, 0.25) is 0 Å². The number of aliphatic carboxylic acids is 1. The number of hydrogen-bond donors (Lipinski definition) is 2. The van der Waals surface area contributed by atoms with Crippen molar-refractivity contribution < 1.29 is 27.8 Å². The van der Waals surface area contributed by atoms with Gasteiger partial charge in [-0.15, -0.1) is 0 Å². The van der Waals surface area contributed by atoms with Crippen LogP contribution in [0, 0.1) is 10.1 Å². The second-order valence-corrected chi connectivity index (χ2v) is 4.17. The molecule has 0 aromatic heterocycles. The average molecular weight is 287 g/mol. The fourth-order valence-corrected chi connectivity index (χ4v) is 1.28. The Hall–Kier alpha value is -1.000. The second kappa shape index (κ2) is 8.16. The number of hydrogen-bond acceptors (Lipinski definition) is 5. The molecule has 0 amide bonds. The Bertz CT molecular complexity index is 524. The predicted molar refractivity (Wildman–Crippen MR) is 63.4 cm³/mol. The zero-order valence-electron chi connectivity index (χ0n) is 8.60. The molecule has 0 spiro atoms. The van der Waals surface area contributed by atoms with E-state index in [0.717, 1.165) is 25.1 Å². The van der Waals surface area contributed by atoms with Crippen molar-refractivity contribution in [1.29, 1.82) is 0 Å². The number of non-ortho nitro benzene ring substituents is 1. The van der Waals surface area contributed by atoms with Crippen LogP contribution < -0.4 is 0 Å². The van der Waals surface area contributed by atoms with Crippen LogP contribution in [0.1, 0.15) is 6.92 Å². The van der Waals surface area contributed by atoms with Gasteiger partial charge in [-0.1, -0.05) is 6.07 Å². The van der Waals surface area contributed by atoms with Crippen molar-refractivity contribution in [3.05, 3.63) is 34.4 Å². The third-order valence-electron chi connectivity index (χ3n) is 1.33. The van der Waals surface area contributed by atoms with Crippen LogP contribution in [0.25, 0.3) is 0 Å². The normalized spacial score (nSPS) is 9.44. The number of carboxylic acids is 1. The summed E-state index contributed by atoms with van der Waals surface area (Å²) < 4.78 is 29.6. The summed E-state index contributed by atoms with van der Waals surface area (Å²) >= 11 is 0. The second-order valence-electron chi connectivity index (χ2n) is 2.75. The molecule has 0 saturated heterocycles. The maximum atomic E-state index is 10.5. The van der Waals surface area contributed by atoms with Crippen LogP contribution in [0.4, 0.5) is 5.69 Å². The Morgan fingerprint density at radius 1 is 1.39 bits per heavy atom. The number of nitro benzene ring substituents is 1. The van der Waals surface area contributed by atoms with Gasteiger partial charge in [0.2, 0.25) is 0 Å². The Morgan fingerprint density at radius 2 is 1.83 bits per heavy atom. The van der Waals surface area contributed by atoms with E-state index in [-0.39, 0.29) is 35.2 Å². The fraction of sp³-hybridized carbons (Fsp3) is 0.125. The van der Waals surface area contributed by atoms with E-state index in [2.05, 4.69) is 0 Å². The van der Waals surface area contributed by atoms with Gasteiger partial charge >= 0.3 is 29.6 Å². The van der Waals surface area contributed by atoms with Crippen molar-refractivity contribution in [2.24, 2.45) is 0 Å². The Morgan fingerprint density at radius 3 is 2.17 bits per heavy atom. The first-order valence-electron chi connectivity index (χ1n) is 4.06. The number of benzene rings is 1. The van der Waals surface area contributed by atoms with Crippen molar-refractivity contribution in [2.45, 2.75) is 11.8 Å². The molecule has 1 aromatic rings. The summed E-state index contributed by atoms with van der Waals surface area (Å²) in [4.78, 5) is 18.0. The number of carbonyl (C=O) groups is 1. The van der Waals surface area contributed by atoms with Crippen LogP contribution >= 0.6 is 0 Å². The SMILES string of the molecule is CC(=O)O.O=[N+]([O-])c1cccc(S(=O)(=O)O)c1.[NaH]. The van der Waals surface area contributed by atoms with E-state index in [1.54, 1.807) is 0 Å². The quantitative estimate of drug-likeness (QED) is 0.345. The first-order valence-corrected chi connectivity index (χ1v) is 5.50. The van der Waals surface area contributed by atoms with Gasteiger partial charge in [0.25, 0.3) is 21.8 Å². The van der Waals surface area contributed by atoms with Crippen LogP contribution in [0.15, 0.2) is 29.2 Å². The van der Waals surface area contributed by atoms with Gasteiger partial charge in [0.1, 0.15) is 4.90 Å². The van der Waals surface area contributed by atoms with Gasteiger partial charge in [-0.25, -0.2) is 0 Å². The third-order valence-corrected chi connectivity index (χ3v) is 2.18. The van der Waals surface area contributed by atoms with Crippen LogP contribution in [-0.2, 0) is 14.9 Å². The number of carboxylic acid groups (broad SMARTS) is 1. The standard InChI is InChI=1S/C6H5NO5S.C2H4O2.Na.H/c8-7(9)5-2-1-3-6(4-5)13(10,11)12;1-2(3)4;;/h1-4H,(H,10,11,12);1H3,(H,3,4);;. The minimum atomic E-state index is -4.36. The van der Waals surface area contributed by atoms with E-state index in [1.165, 1.54) is 6.07 Å². The molecule has 0 bridgehead atoms. The molecule has 0 aliphatic heterocycles. The molecule has 0 fully saturated rings. The summed E-state index contributed by atoms with van der Waals surface area (Å²) in [5, 5.41) is 17.6. The van der Waals surface area contributed by atoms with Crippen molar-refractivity contribution in [3.63, 3.8) is 0 Å². The molecule has 0 aliphatic carbocycles. The Kier molecular flexibility index (Phi) is 8.77. The topological polar surface area (TPSA) is 135 Å². The van der Waals surface area contributed by atoms with Crippen LogP contribution in [-0.4, -0.2) is 58.5 Å². The molecule has 1 aromatic carbocycles. The van der Waals surface area contributed by atoms with Gasteiger partial charge in [0, 0.05) is 19.1 Å². The molecule has 0 saturated carbocycles. The van der Waals surface area contributed by atoms with E-state index in [4.69, 9.17) is 14.5 Å². The van der Waals surface area contributed by atoms with Gasteiger partial charge < -0.3 is 5.11 Å². The predicted octanol–water partition coefficient (Wildman–Crippen LogP) is 0.284. The van der Waals surface area contributed by atoms with Crippen molar-refractivity contribution >= 4 is 51.3 Å². The molecule has 10 heteroatoms. The maximum absolute atomic E-state index is 10.5. The minimum absolute atomic E-state index is 0. The fourth-order valence-electron chi connectivity index (χ4n) is 0.758. The van der Waals surface area contributed by atoms with E-state index >= 15 is 0 Å². The zero-order chi connectivity index (χ0) is 13.6. The van der Waals surface area contributed by atoms with Crippen molar-refractivity contribution in [2.75, 3.05) is 0 Å². The van der Waals surface area contributed by atoms with Gasteiger partial charge in [-0.05, 0) is 6.07 Å². The summed E-state index contributed by atoms with van der Waals surface area (Å²) in [6.45, 7) is 1.08. The molecule has 1 rings (SSSR count).